The van der Waals surface area contributed by atoms with Gasteiger partial charge in [0.1, 0.15) is 5.78 Å². The van der Waals surface area contributed by atoms with Crippen LogP contribution in [-0.2, 0) is 32.0 Å². The Hall–Kier alpha value is -0.269. The van der Waals surface area contributed by atoms with Crippen molar-refractivity contribution in [2.24, 2.45) is 5.73 Å². The van der Waals surface area contributed by atoms with Crippen LogP contribution in [0, 0.1) is 0 Å². The first kappa shape index (κ1) is 36.3. The minimum Gasteiger partial charge on any atom is -0.435 e. The number of nitrogens with two attached hydrogens (primary N) is 1. The Kier molecular flexibility index (Phi) is 19.5. The van der Waals surface area contributed by atoms with E-state index < -0.39 is 35.8 Å². The summed E-state index contributed by atoms with van der Waals surface area (Å²) in [4.78, 5) is 11.9. The first-order valence-electron chi connectivity index (χ1n) is 10.5. The molecule has 14 heteroatoms. The van der Waals surface area contributed by atoms with Crippen LogP contribution in [0.1, 0.15) is 33.6 Å². The van der Waals surface area contributed by atoms with Gasteiger partial charge >= 0.3 is 27.5 Å². The van der Waals surface area contributed by atoms with E-state index in [9.17, 15) is 13.2 Å². The quantitative estimate of drug-likeness (QED) is 0.173. The molecule has 0 aliphatic carbocycles. The van der Waals surface area contributed by atoms with Crippen molar-refractivity contribution in [1.82, 2.24) is 5.32 Å². The Morgan fingerprint density at radius 3 is 1.88 bits per heavy atom. The highest BCUT2D eigenvalue weighted by molar-refractivity contribution is 7.80. The molecule has 0 rings (SSSR count). The number of carbonyl (C=O) groups is 1. The Bertz CT molecular complexity index is 617. The maximum atomic E-state index is 11.9. The molecular formula is C18H46N2O8SSi3. The van der Waals surface area contributed by atoms with E-state index in [2.05, 4.69) is 35.8 Å². The summed E-state index contributed by atoms with van der Waals surface area (Å²) in [5.74, 6) is 0.257. The third-order valence-corrected chi connectivity index (χ3v) is 15.0. The molecule has 0 fully saturated rings. The average molecular weight is 535 g/mol. The monoisotopic (exact) mass is 534 g/mol. The minimum atomic E-state index is -4.17. The van der Waals surface area contributed by atoms with Gasteiger partial charge < -0.3 is 23.7 Å². The van der Waals surface area contributed by atoms with Gasteiger partial charge in [-0.25, -0.2) is 4.18 Å². The van der Waals surface area contributed by atoms with Gasteiger partial charge in [-0.2, -0.15) is 8.42 Å². The Balaban J connectivity index is -0.000000788. The van der Waals surface area contributed by atoms with Crippen molar-refractivity contribution in [3.63, 3.8) is 0 Å². The van der Waals surface area contributed by atoms with Crippen LogP contribution < -0.4 is 11.1 Å². The van der Waals surface area contributed by atoms with Crippen LogP contribution in [-0.4, -0.2) is 76.3 Å². The SMILES string of the molecule is C=C.CCC(=O)C(CC)NC[Si](C)(C)O[Si](C)(C)O[Si](C)(CN)OC.CCOS(=O)(=O)O. The third kappa shape index (κ3) is 19.2. The largest absolute Gasteiger partial charge is 0.435 e. The summed E-state index contributed by atoms with van der Waals surface area (Å²) in [6, 6.07) is -0.0799. The number of rotatable bonds is 14. The van der Waals surface area contributed by atoms with Gasteiger partial charge in [0.15, 0.2) is 8.32 Å². The molecule has 194 valence electrons. The maximum absolute atomic E-state index is 11.9. The van der Waals surface area contributed by atoms with Crippen molar-refractivity contribution in [2.45, 2.75) is 72.4 Å². The Morgan fingerprint density at radius 2 is 1.59 bits per heavy atom. The van der Waals surface area contributed by atoms with E-state index in [0.29, 0.717) is 12.6 Å². The second-order valence-electron chi connectivity index (χ2n) is 7.90. The fourth-order valence-electron chi connectivity index (χ4n) is 2.66. The van der Waals surface area contributed by atoms with Gasteiger partial charge in [-0.05, 0) is 46.1 Å². The summed E-state index contributed by atoms with van der Waals surface area (Å²) < 4.78 is 48.8. The van der Waals surface area contributed by atoms with Crippen molar-refractivity contribution in [3.05, 3.63) is 13.2 Å². The number of hydrogen-bond acceptors (Lipinski definition) is 9. The highest BCUT2D eigenvalue weighted by atomic mass is 32.3. The zero-order valence-electron chi connectivity index (χ0n) is 21.3. The van der Waals surface area contributed by atoms with Gasteiger partial charge in [0.2, 0.25) is 0 Å². The van der Waals surface area contributed by atoms with Crippen LogP contribution in [0.5, 0.6) is 0 Å². The summed E-state index contributed by atoms with van der Waals surface area (Å²) in [5, 5.41) is 3.38. The molecule has 0 aliphatic heterocycles. The lowest BCUT2D eigenvalue weighted by molar-refractivity contribution is -0.120. The van der Waals surface area contributed by atoms with E-state index >= 15 is 0 Å². The van der Waals surface area contributed by atoms with Crippen LogP contribution >= 0.6 is 0 Å². The van der Waals surface area contributed by atoms with Crippen molar-refractivity contribution < 1.29 is 34.6 Å². The summed E-state index contributed by atoms with van der Waals surface area (Å²) in [6.07, 6.45) is 2.50. The smallest absolute Gasteiger partial charge is 0.397 e. The van der Waals surface area contributed by atoms with E-state index in [-0.39, 0.29) is 18.4 Å². The van der Waals surface area contributed by atoms with Crippen LogP contribution in [0.25, 0.3) is 0 Å². The molecule has 0 aliphatic rings. The summed E-state index contributed by atoms with van der Waals surface area (Å²) in [5.41, 5.74) is 5.79. The predicted molar refractivity (Wildman–Crippen MR) is 137 cm³/mol. The summed E-state index contributed by atoms with van der Waals surface area (Å²) >= 11 is 0. The molecule has 0 saturated carbocycles. The molecule has 2 unspecified atom stereocenters. The van der Waals surface area contributed by atoms with Crippen molar-refractivity contribution in [1.29, 1.82) is 0 Å². The highest BCUT2D eigenvalue weighted by Crippen LogP contribution is 2.20. The van der Waals surface area contributed by atoms with Gasteiger partial charge in [0.25, 0.3) is 0 Å². The lowest BCUT2D eigenvalue weighted by Gasteiger charge is -2.38. The highest BCUT2D eigenvalue weighted by Gasteiger charge is 2.42. The van der Waals surface area contributed by atoms with Crippen molar-refractivity contribution >= 4 is 41.6 Å². The first-order chi connectivity index (χ1) is 14.5. The average Bonchev–Trinajstić information content (AvgIpc) is 2.67. The number of hydrogen-bond donors (Lipinski definition) is 3. The second-order valence-corrected chi connectivity index (χ2v) is 20.4. The Labute approximate surface area is 198 Å². The molecule has 32 heavy (non-hydrogen) atoms. The first-order valence-corrected chi connectivity index (χ1v) is 20.4. The van der Waals surface area contributed by atoms with E-state index in [1.807, 2.05) is 33.5 Å². The molecule has 0 aromatic carbocycles. The maximum Gasteiger partial charge on any atom is 0.397 e. The molecule has 4 N–H and O–H groups in total. The van der Waals surface area contributed by atoms with Crippen molar-refractivity contribution in [2.75, 3.05) is 26.1 Å². The molecule has 0 spiro atoms. The van der Waals surface area contributed by atoms with Crippen LogP contribution in [0.2, 0.25) is 32.7 Å². The van der Waals surface area contributed by atoms with E-state index in [1.165, 1.54) is 6.92 Å². The molecule has 0 bridgehead atoms. The lowest BCUT2D eigenvalue weighted by Crippen LogP contribution is -2.60. The van der Waals surface area contributed by atoms with Gasteiger partial charge in [-0.3, -0.25) is 9.35 Å². The molecule has 0 radical (unpaired) electrons. The fraction of sp³-hybridized carbons (Fsp3) is 0.833. The number of Topliss-reactive ketones (excluding diaryl/α,β-unsaturated/α-hetero) is 1. The van der Waals surface area contributed by atoms with E-state index in [0.717, 1.165) is 12.6 Å². The predicted octanol–water partition coefficient (Wildman–Crippen LogP) is 2.66. The molecule has 0 aromatic heterocycles. The van der Waals surface area contributed by atoms with Crippen molar-refractivity contribution in [3.8, 4) is 0 Å². The van der Waals surface area contributed by atoms with Crippen LogP contribution in [0.4, 0.5) is 0 Å². The number of carbonyl (C=O) groups excluding carboxylic acids is 1. The van der Waals surface area contributed by atoms with Crippen LogP contribution in [0.15, 0.2) is 13.2 Å². The van der Waals surface area contributed by atoms with Gasteiger partial charge in [-0.15, -0.1) is 13.2 Å². The zero-order valence-corrected chi connectivity index (χ0v) is 25.1. The third-order valence-electron chi connectivity index (χ3n) is 3.97. The fourth-order valence-corrected chi connectivity index (χ4v) is 14.8. The molecule has 10 nitrogen and oxygen atoms in total. The van der Waals surface area contributed by atoms with Gasteiger partial charge in [-0.1, -0.05) is 13.8 Å². The second kappa shape index (κ2) is 17.2. The molecule has 0 aromatic rings. The van der Waals surface area contributed by atoms with Gasteiger partial charge in [0.05, 0.1) is 12.6 Å². The molecule has 0 heterocycles. The van der Waals surface area contributed by atoms with Gasteiger partial charge in [0, 0.05) is 25.9 Å². The lowest BCUT2D eigenvalue weighted by atomic mass is 10.1. The standard InChI is InChI=1S/C14H36N2O4Si3.C2H6O4S.C2H4/c1-9-13(14(17)10-2)16-12-21(4,5)19-22(6,7)20-23(8,11-15)18-3;1-2-6-7(3,4)5;1-2/h13,16H,9-12,15H2,1-8H3;2H2,1H3,(H,3,4,5);1-2H2. The molecule has 0 saturated heterocycles. The van der Waals surface area contributed by atoms with Crippen LogP contribution in [0.3, 0.4) is 0 Å². The van der Waals surface area contributed by atoms with E-state index in [1.54, 1.807) is 7.11 Å². The molecule has 0 amide bonds. The summed E-state index contributed by atoms with van der Waals surface area (Å²) in [6.45, 7) is 21.7. The zero-order chi connectivity index (χ0) is 26.2. The normalized spacial score (nSPS) is 14.8. The minimum absolute atomic E-state index is 0.0289. The number of ketones is 1. The number of nitrogens with one attached hydrogen (secondary N) is 1. The topological polar surface area (TPSA) is 146 Å². The van der Waals surface area contributed by atoms with E-state index in [4.69, 9.17) is 22.9 Å². The summed E-state index contributed by atoms with van der Waals surface area (Å²) in [7, 11) is -9.21. The Morgan fingerprint density at radius 1 is 1.09 bits per heavy atom. The molecular weight excluding hydrogens is 489 g/mol. The molecule has 2 atom stereocenters.